The minimum Gasteiger partial charge on any atom is -0.495 e. The van der Waals surface area contributed by atoms with Crippen LogP contribution in [0.15, 0.2) is 41.4 Å². The van der Waals surface area contributed by atoms with Gasteiger partial charge in [0.2, 0.25) is 0 Å². The van der Waals surface area contributed by atoms with Crippen molar-refractivity contribution in [2.24, 2.45) is 0 Å². The Balaban J connectivity index is 1.61. The van der Waals surface area contributed by atoms with Gasteiger partial charge in [0.15, 0.2) is 9.84 Å². The van der Waals surface area contributed by atoms with Gasteiger partial charge in [-0.05, 0) is 51.1 Å². The zero-order chi connectivity index (χ0) is 28.4. The van der Waals surface area contributed by atoms with Crippen molar-refractivity contribution in [2.75, 3.05) is 45.9 Å². The van der Waals surface area contributed by atoms with Gasteiger partial charge in [0.1, 0.15) is 17.1 Å². The summed E-state index contributed by atoms with van der Waals surface area (Å²) in [7, 11) is 2.02. The molecule has 1 fully saturated rings. The van der Waals surface area contributed by atoms with Crippen molar-refractivity contribution in [1.82, 2.24) is 19.6 Å². The summed E-state index contributed by atoms with van der Waals surface area (Å²) in [4.78, 5) is 6.78. The smallest absolute Gasteiger partial charge is 0.394 e. The molecule has 1 aliphatic heterocycles. The van der Waals surface area contributed by atoms with Gasteiger partial charge in [0.25, 0.3) is 0 Å². The Morgan fingerprint density at radius 3 is 2.69 bits per heavy atom. The first-order valence-corrected chi connectivity index (χ1v) is 14.3. The number of sulfone groups is 1. The zero-order valence-electron chi connectivity index (χ0n) is 22.3. The Morgan fingerprint density at radius 1 is 1.26 bits per heavy atom. The van der Waals surface area contributed by atoms with Crippen LogP contribution >= 0.6 is 0 Å². The fraction of sp³-hybridized carbons (Fsp3) is 0.444. The molecule has 3 heterocycles. The van der Waals surface area contributed by atoms with Crippen LogP contribution in [0.1, 0.15) is 35.8 Å². The Kier molecular flexibility index (Phi) is 8.44. The maximum atomic E-state index is 13.5. The monoisotopic (exact) mass is 563 g/mol. The molecule has 1 saturated heterocycles. The number of ether oxygens (including phenoxy) is 1. The van der Waals surface area contributed by atoms with Crippen LogP contribution in [-0.4, -0.2) is 75.5 Å². The van der Waals surface area contributed by atoms with Gasteiger partial charge in [0.05, 0.1) is 36.4 Å². The van der Waals surface area contributed by atoms with Crippen molar-refractivity contribution in [3.8, 4) is 17.6 Å². The molecule has 39 heavy (non-hydrogen) atoms. The van der Waals surface area contributed by atoms with E-state index in [0.29, 0.717) is 23.1 Å². The van der Waals surface area contributed by atoms with Crippen LogP contribution in [0.5, 0.6) is 5.75 Å². The molecule has 0 saturated carbocycles. The maximum Gasteiger partial charge on any atom is 0.394 e. The van der Waals surface area contributed by atoms with Gasteiger partial charge in [0, 0.05) is 42.7 Å². The lowest BCUT2D eigenvalue weighted by molar-refractivity contribution is -0.128. The van der Waals surface area contributed by atoms with Crippen LogP contribution in [0.3, 0.4) is 0 Å². The molecule has 3 aromatic rings. The summed E-state index contributed by atoms with van der Waals surface area (Å²) in [6, 6.07) is 8.33. The van der Waals surface area contributed by atoms with E-state index in [1.807, 2.05) is 20.2 Å². The summed E-state index contributed by atoms with van der Waals surface area (Å²) in [5, 5.41) is 6.62. The molecule has 2 aromatic heterocycles. The van der Waals surface area contributed by atoms with Crippen LogP contribution < -0.4 is 15.4 Å². The van der Waals surface area contributed by atoms with Gasteiger partial charge in [-0.3, -0.25) is 0 Å². The van der Waals surface area contributed by atoms with E-state index in [1.165, 1.54) is 23.6 Å². The first-order chi connectivity index (χ1) is 18.4. The van der Waals surface area contributed by atoms with Gasteiger partial charge >= 0.3 is 6.18 Å². The Bertz CT molecular complexity index is 1510. The summed E-state index contributed by atoms with van der Waals surface area (Å²) < 4.78 is 71.0. The number of hydrogen-bond acceptors (Lipinski definition) is 7. The predicted octanol–water partition coefficient (Wildman–Crippen LogP) is 3.67. The van der Waals surface area contributed by atoms with Crippen molar-refractivity contribution in [1.29, 1.82) is 0 Å². The Labute approximate surface area is 226 Å². The zero-order valence-corrected chi connectivity index (χ0v) is 23.1. The third kappa shape index (κ3) is 7.03. The van der Waals surface area contributed by atoms with Gasteiger partial charge in [-0.2, -0.15) is 13.2 Å². The normalized spacial score (nSPS) is 17.8. The van der Waals surface area contributed by atoms with E-state index in [9.17, 15) is 21.6 Å². The number of fused-ring (bicyclic) bond motifs is 1. The number of likely N-dealkylation sites (N-methyl/N-ethyl adjacent to an activating group) is 1. The van der Waals surface area contributed by atoms with E-state index in [4.69, 9.17) is 4.74 Å². The summed E-state index contributed by atoms with van der Waals surface area (Å²) in [6.07, 6.45) is -1.06. The van der Waals surface area contributed by atoms with Gasteiger partial charge in [-0.25, -0.2) is 13.4 Å². The number of alkyl halides is 3. The second-order valence-electron chi connectivity index (χ2n) is 9.90. The number of nitrogens with zero attached hydrogens (tertiary/aromatic N) is 3. The molecule has 12 heteroatoms. The average molecular weight is 564 g/mol. The first kappa shape index (κ1) is 28.7. The van der Waals surface area contributed by atoms with Gasteiger partial charge in [-0.15, -0.1) is 0 Å². The number of hydrogen-bond donors (Lipinski definition) is 2. The summed E-state index contributed by atoms with van der Waals surface area (Å²) in [5.74, 6) is 5.98. The molecule has 0 unspecified atom stereocenters. The number of halogens is 3. The highest BCUT2D eigenvalue weighted by Gasteiger charge is 2.33. The molecule has 2 N–H and O–H groups in total. The largest absolute Gasteiger partial charge is 0.495 e. The average Bonchev–Trinajstić information content (AvgIpc) is 3.44. The van der Waals surface area contributed by atoms with Crippen molar-refractivity contribution >= 4 is 21.2 Å². The number of benzene rings is 1. The molecule has 0 bridgehead atoms. The second-order valence-corrected chi connectivity index (χ2v) is 11.9. The molecule has 0 spiro atoms. The number of nitrogens with one attached hydrogen (secondary N) is 2. The summed E-state index contributed by atoms with van der Waals surface area (Å²) in [5.41, 5.74) is 1.89. The van der Waals surface area contributed by atoms with Crippen LogP contribution in [-0.2, 0) is 16.3 Å². The van der Waals surface area contributed by atoms with Crippen molar-refractivity contribution in [3.63, 3.8) is 0 Å². The number of methoxy groups -OCH3 is 1. The lowest BCUT2D eigenvalue weighted by atomic mass is 10.1. The molecule has 8 nitrogen and oxygen atoms in total. The number of pyridine rings is 1. The Morgan fingerprint density at radius 2 is 2.03 bits per heavy atom. The highest BCUT2D eigenvalue weighted by Crippen LogP contribution is 2.32. The van der Waals surface area contributed by atoms with Crippen LogP contribution in [0.4, 0.5) is 18.9 Å². The third-order valence-electron chi connectivity index (χ3n) is 6.52. The third-order valence-corrected chi connectivity index (χ3v) is 7.63. The van der Waals surface area contributed by atoms with Crippen LogP contribution in [0.2, 0.25) is 0 Å². The lowest BCUT2D eigenvalue weighted by Crippen LogP contribution is -2.34. The van der Waals surface area contributed by atoms with Crippen LogP contribution in [0, 0.1) is 11.8 Å². The van der Waals surface area contributed by atoms with E-state index < -0.39 is 22.4 Å². The van der Waals surface area contributed by atoms with Crippen LogP contribution in [0.25, 0.3) is 5.65 Å². The lowest BCUT2D eigenvalue weighted by Gasteiger charge is -2.18. The Hall–Kier alpha value is -3.27. The summed E-state index contributed by atoms with van der Waals surface area (Å²) in [6.45, 7) is 0.954. The molecule has 0 amide bonds. The van der Waals surface area contributed by atoms with E-state index in [0.717, 1.165) is 31.2 Å². The molecule has 1 aromatic carbocycles. The van der Waals surface area contributed by atoms with E-state index in [2.05, 4.69) is 32.4 Å². The molecule has 2 atom stereocenters. The molecule has 210 valence electrons. The summed E-state index contributed by atoms with van der Waals surface area (Å²) >= 11 is 0. The fourth-order valence-corrected chi connectivity index (χ4v) is 5.47. The van der Waals surface area contributed by atoms with E-state index in [1.54, 1.807) is 18.3 Å². The maximum absolute atomic E-state index is 13.5. The van der Waals surface area contributed by atoms with Gasteiger partial charge in [-0.1, -0.05) is 12.0 Å². The SMILES string of the molecule is COc1cc(S(C)(=O)=O)ccc1NCC#Cc1nc2c([C@H]3CC[C@H](CN(C)C)N3)cccn2c1CC(F)(F)F. The number of rotatable bonds is 8. The first-order valence-electron chi connectivity index (χ1n) is 12.4. The molecule has 0 aliphatic carbocycles. The predicted molar refractivity (Wildman–Crippen MR) is 144 cm³/mol. The second kappa shape index (κ2) is 11.5. The van der Waals surface area contributed by atoms with E-state index >= 15 is 0 Å². The van der Waals surface area contributed by atoms with E-state index in [-0.39, 0.29) is 28.9 Å². The van der Waals surface area contributed by atoms with Crippen molar-refractivity contribution < 1.29 is 26.3 Å². The number of aromatic nitrogens is 2. The topological polar surface area (TPSA) is 88.0 Å². The minimum atomic E-state index is -4.43. The quantitative estimate of drug-likeness (QED) is 0.405. The standard InChI is InChI=1S/C27H32F3N5O3S/c1-34(2)17-18-9-11-21(32-18)20-7-6-14-35-24(16-27(28,29)30)22(33-26(20)35)8-5-13-31-23-12-10-19(39(4,36)37)15-25(23)38-3/h6-7,10,12,14-15,18,21,31-32H,9,11,13,16-17H2,1-4H3/t18-,21-/m1/s1. The molecular formula is C27H32F3N5O3S. The van der Waals surface area contributed by atoms with Crippen molar-refractivity contribution in [2.45, 2.75) is 42.4 Å². The number of anilines is 1. The molecule has 1 aliphatic rings. The number of imidazole rings is 1. The molecule has 0 radical (unpaired) electrons. The molecular weight excluding hydrogens is 531 g/mol. The van der Waals surface area contributed by atoms with Gasteiger partial charge < -0.3 is 24.7 Å². The minimum absolute atomic E-state index is 0.00947. The highest BCUT2D eigenvalue weighted by molar-refractivity contribution is 7.90. The van der Waals surface area contributed by atoms with Crippen molar-refractivity contribution in [3.05, 3.63) is 53.5 Å². The molecule has 4 rings (SSSR count). The highest BCUT2D eigenvalue weighted by atomic mass is 32.2. The fourth-order valence-electron chi connectivity index (χ4n) is 4.83.